The SMILES string of the molecule is CCC(N)Cn1cc(F)ccc1=O. The van der Waals surface area contributed by atoms with E-state index < -0.39 is 5.82 Å². The zero-order chi connectivity index (χ0) is 9.84. The van der Waals surface area contributed by atoms with Crippen LogP contribution in [0.3, 0.4) is 0 Å². The second-order valence-electron chi connectivity index (χ2n) is 3.01. The predicted octanol–water partition coefficient (Wildman–Crippen LogP) is 0.725. The highest BCUT2D eigenvalue weighted by atomic mass is 19.1. The Hall–Kier alpha value is -1.16. The summed E-state index contributed by atoms with van der Waals surface area (Å²) >= 11 is 0. The Morgan fingerprint density at radius 1 is 1.62 bits per heavy atom. The van der Waals surface area contributed by atoms with E-state index >= 15 is 0 Å². The Labute approximate surface area is 76.0 Å². The van der Waals surface area contributed by atoms with Crippen molar-refractivity contribution in [2.24, 2.45) is 5.73 Å². The van der Waals surface area contributed by atoms with Crippen LogP contribution in [0.25, 0.3) is 0 Å². The Morgan fingerprint density at radius 3 is 2.92 bits per heavy atom. The van der Waals surface area contributed by atoms with Crippen molar-refractivity contribution >= 4 is 0 Å². The van der Waals surface area contributed by atoms with Crippen LogP contribution in [0.2, 0.25) is 0 Å². The first kappa shape index (κ1) is 9.92. The summed E-state index contributed by atoms with van der Waals surface area (Å²) in [6, 6.07) is 2.26. The number of pyridine rings is 1. The van der Waals surface area contributed by atoms with Crippen molar-refractivity contribution < 1.29 is 4.39 Å². The van der Waals surface area contributed by atoms with Gasteiger partial charge >= 0.3 is 0 Å². The molecule has 0 spiro atoms. The van der Waals surface area contributed by atoms with Crippen molar-refractivity contribution in [3.63, 3.8) is 0 Å². The normalized spacial score (nSPS) is 12.8. The standard InChI is InChI=1S/C9H13FN2O/c1-2-8(11)6-12-5-7(10)3-4-9(12)13/h3-5,8H,2,6,11H2,1H3. The van der Waals surface area contributed by atoms with Crippen LogP contribution in [0.15, 0.2) is 23.1 Å². The van der Waals surface area contributed by atoms with Crippen molar-refractivity contribution in [3.8, 4) is 0 Å². The fraction of sp³-hybridized carbons (Fsp3) is 0.444. The first-order valence-corrected chi connectivity index (χ1v) is 4.25. The van der Waals surface area contributed by atoms with Gasteiger partial charge in [0, 0.05) is 24.8 Å². The summed E-state index contributed by atoms with van der Waals surface area (Å²) < 4.78 is 14.0. The summed E-state index contributed by atoms with van der Waals surface area (Å²) in [5.74, 6) is -0.414. The Kier molecular flexibility index (Phi) is 3.19. The smallest absolute Gasteiger partial charge is 0.250 e. The number of aromatic nitrogens is 1. The highest BCUT2D eigenvalue weighted by Gasteiger charge is 2.02. The van der Waals surface area contributed by atoms with Crippen LogP contribution in [0, 0.1) is 5.82 Å². The minimum absolute atomic E-state index is 0.0977. The second-order valence-corrected chi connectivity index (χ2v) is 3.01. The van der Waals surface area contributed by atoms with Crippen molar-refractivity contribution in [1.29, 1.82) is 0 Å². The molecule has 1 rings (SSSR count). The van der Waals surface area contributed by atoms with E-state index in [0.717, 1.165) is 12.5 Å². The molecular weight excluding hydrogens is 171 g/mol. The van der Waals surface area contributed by atoms with Gasteiger partial charge in [0.15, 0.2) is 0 Å². The first-order chi connectivity index (χ1) is 6.13. The molecule has 0 aliphatic carbocycles. The number of halogens is 1. The lowest BCUT2D eigenvalue weighted by molar-refractivity contribution is 0.509. The van der Waals surface area contributed by atoms with Crippen LogP contribution in [-0.4, -0.2) is 10.6 Å². The molecule has 3 nitrogen and oxygen atoms in total. The molecule has 0 aromatic carbocycles. The van der Waals surface area contributed by atoms with Crippen molar-refractivity contribution in [2.75, 3.05) is 0 Å². The summed E-state index contributed by atoms with van der Waals surface area (Å²) in [6.45, 7) is 2.29. The third-order valence-corrected chi connectivity index (χ3v) is 1.90. The number of rotatable bonds is 3. The number of hydrogen-bond donors (Lipinski definition) is 1. The van der Waals surface area contributed by atoms with E-state index in [-0.39, 0.29) is 11.6 Å². The lowest BCUT2D eigenvalue weighted by Gasteiger charge is -2.10. The molecule has 1 atom stereocenters. The Morgan fingerprint density at radius 2 is 2.31 bits per heavy atom. The zero-order valence-electron chi connectivity index (χ0n) is 7.53. The summed E-state index contributed by atoms with van der Waals surface area (Å²) in [7, 11) is 0. The van der Waals surface area contributed by atoms with Gasteiger partial charge < -0.3 is 10.3 Å². The third kappa shape index (κ3) is 2.66. The number of hydrogen-bond acceptors (Lipinski definition) is 2. The van der Waals surface area contributed by atoms with Crippen molar-refractivity contribution in [2.45, 2.75) is 25.9 Å². The van der Waals surface area contributed by atoms with Gasteiger partial charge in [-0.05, 0) is 12.5 Å². The molecule has 0 saturated heterocycles. The largest absolute Gasteiger partial charge is 0.326 e. The molecule has 0 saturated carbocycles. The van der Waals surface area contributed by atoms with E-state index in [1.165, 1.54) is 16.8 Å². The summed E-state index contributed by atoms with van der Waals surface area (Å²) in [6.07, 6.45) is 1.95. The molecule has 1 aromatic rings. The van der Waals surface area contributed by atoms with Gasteiger partial charge in [0.25, 0.3) is 5.56 Å². The molecule has 0 radical (unpaired) electrons. The quantitative estimate of drug-likeness (QED) is 0.752. The van der Waals surface area contributed by atoms with Crippen LogP contribution < -0.4 is 11.3 Å². The number of nitrogens with zero attached hydrogens (tertiary/aromatic N) is 1. The maximum atomic E-state index is 12.7. The van der Waals surface area contributed by atoms with Crippen LogP contribution >= 0.6 is 0 Å². The molecule has 1 unspecified atom stereocenters. The van der Waals surface area contributed by atoms with E-state index in [2.05, 4.69) is 0 Å². The first-order valence-electron chi connectivity index (χ1n) is 4.25. The average Bonchev–Trinajstić information content (AvgIpc) is 2.11. The summed E-state index contributed by atoms with van der Waals surface area (Å²) in [4.78, 5) is 11.2. The maximum absolute atomic E-state index is 12.7. The number of nitrogens with two attached hydrogens (primary N) is 1. The fourth-order valence-electron chi connectivity index (χ4n) is 1.03. The molecule has 0 aliphatic rings. The molecule has 1 heterocycles. The Balaban J connectivity index is 2.87. The molecule has 13 heavy (non-hydrogen) atoms. The maximum Gasteiger partial charge on any atom is 0.250 e. The Bertz CT molecular complexity index is 335. The van der Waals surface area contributed by atoms with Gasteiger partial charge in [0.1, 0.15) is 5.82 Å². The molecule has 1 aromatic heterocycles. The van der Waals surface area contributed by atoms with Gasteiger partial charge in [-0.15, -0.1) is 0 Å². The van der Waals surface area contributed by atoms with E-state index in [1.807, 2.05) is 6.92 Å². The fourth-order valence-corrected chi connectivity index (χ4v) is 1.03. The highest BCUT2D eigenvalue weighted by molar-refractivity contribution is 4.96. The topological polar surface area (TPSA) is 48.0 Å². The molecule has 2 N–H and O–H groups in total. The monoisotopic (exact) mass is 184 g/mol. The van der Waals surface area contributed by atoms with Gasteiger partial charge in [0.2, 0.25) is 0 Å². The second kappa shape index (κ2) is 4.18. The van der Waals surface area contributed by atoms with Gasteiger partial charge in [-0.3, -0.25) is 4.79 Å². The van der Waals surface area contributed by atoms with Crippen LogP contribution in [0.4, 0.5) is 4.39 Å². The minimum Gasteiger partial charge on any atom is -0.326 e. The molecule has 0 amide bonds. The average molecular weight is 184 g/mol. The van der Waals surface area contributed by atoms with Gasteiger partial charge in [0.05, 0.1) is 0 Å². The molecule has 72 valence electrons. The van der Waals surface area contributed by atoms with E-state index in [1.54, 1.807) is 0 Å². The zero-order valence-corrected chi connectivity index (χ0v) is 7.53. The molecule has 0 bridgehead atoms. The van der Waals surface area contributed by atoms with Crippen LogP contribution in [0.1, 0.15) is 13.3 Å². The van der Waals surface area contributed by atoms with Gasteiger partial charge in [-0.25, -0.2) is 4.39 Å². The van der Waals surface area contributed by atoms with Crippen molar-refractivity contribution in [3.05, 3.63) is 34.5 Å². The summed E-state index contributed by atoms with van der Waals surface area (Å²) in [5, 5.41) is 0. The summed E-state index contributed by atoms with van der Waals surface area (Å²) in [5.41, 5.74) is 5.42. The molecule has 4 heteroatoms. The lowest BCUT2D eigenvalue weighted by atomic mass is 10.2. The van der Waals surface area contributed by atoms with E-state index in [0.29, 0.717) is 6.54 Å². The van der Waals surface area contributed by atoms with Gasteiger partial charge in [-0.2, -0.15) is 0 Å². The van der Waals surface area contributed by atoms with Crippen LogP contribution in [-0.2, 0) is 6.54 Å². The highest BCUT2D eigenvalue weighted by Crippen LogP contribution is 1.94. The molecular formula is C9H13FN2O. The predicted molar refractivity (Wildman–Crippen MR) is 48.9 cm³/mol. The van der Waals surface area contributed by atoms with Crippen LogP contribution in [0.5, 0.6) is 0 Å². The van der Waals surface area contributed by atoms with Gasteiger partial charge in [-0.1, -0.05) is 6.92 Å². The van der Waals surface area contributed by atoms with E-state index in [4.69, 9.17) is 5.73 Å². The van der Waals surface area contributed by atoms with Crippen molar-refractivity contribution in [1.82, 2.24) is 4.57 Å². The minimum atomic E-state index is -0.414. The molecule has 0 aliphatic heterocycles. The molecule has 0 fully saturated rings. The third-order valence-electron chi connectivity index (χ3n) is 1.90. The van der Waals surface area contributed by atoms with E-state index in [9.17, 15) is 9.18 Å². The lowest BCUT2D eigenvalue weighted by Crippen LogP contribution is -2.31.